The molecule has 6 nitrogen and oxygen atoms in total. The molecule has 3 heterocycles. The number of pyridine rings is 1. The normalized spacial score (nSPS) is 17.9. The molecule has 1 aliphatic heterocycles. The third-order valence-corrected chi connectivity index (χ3v) is 6.09. The van der Waals surface area contributed by atoms with Crippen molar-refractivity contribution in [1.82, 2.24) is 9.88 Å². The maximum atomic E-state index is 14.6. The number of rotatable bonds is 3. The Morgan fingerprint density at radius 2 is 1.77 bits per heavy atom. The van der Waals surface area contributed by atoms with Crippen molar-refractivity contribution >= 4 is 22.6 Å². The van der Waals surface area contributed by atoms with Crippen molar-refractivity contribution < 1.29 is 19.0 Å². The van der Waals surface area contributed by atoms with Gasteiger partial charge in [0, 0.05) is 41.5 Å². The van der Waals surface area contributed by atoms with E-state index in [1.807, 2.05) is 4.90 Å². The average molecular weight is 491 g/mol. The first-order chi connectivity index (χ1) is 16.9. The van der Waals surface area contributed by atoms with Gasteiger partial charge in [-0.2, -0.15) is 0 Å². The minimum atomic E-state index is -0.809. The van der Waals surface area contributed by atoms with E-state index in [9.17, 15) is 19.4 Å². The molecule has 176 valence electrons. The Morgan fingerprint density at radius 3 is 2.49 bits per heavy atom. The van der Waals surface area contributed by atoms with Gasteiger partial charge in [0.15, 0.2) is 11.2 Å². The van der Waals surface area contributed by atoms with E-state index in [-0.39, 0.29) is 11.1 Å². The van der Waals surface area contributed by atoms with E-state index in [1.165, 1.54) is 12.1 Å². The van der Waals surface area contributed by atoms with Gasteiger partial charge in [-0.1, -0.05) is 29.7 Å². The standard InChI is InChI=1S/C27H20ClFN2O4/c28-19-5-3-17(4-6-19)18-10-22(29)23(30-12-18)7-1-16-2-8-27-21(9-16)24(32)11-20(35-27)13-31-14-25(33)26(34)15-31/h2-6,8-12,25-26,33-34H,13-15H2. The monoisotopic (exact) mass is 490 g/mol. The zero-order chi connectivity index (χ0) is 24.5. The molecule has 1 saturated heterocycles. The summed E-state index contributed by atoms with van der Waals surface area (Å²) in [6.45, 7) is 0.920. The van der Waals surface area contributed by atoms with Crippen molar-refractivity contribution in [2.24, 2.45) is 0 Å². The van der Waals surface area contributed by atoms with Gasteiger partial charge in [-0.15, -0.1) is 0 Å². The van der Waals surface area contributed by atoms with Crippen molar-refractivity contribution in [2.45, 2.75) is 18.8 Å². The highest BCUT2D eigenvalue weighted by molar-refractivity contribution is 6.30. The summed E-state index contributed by atoms with van der Waals surface area (Å²) in [4.78, 5) is 18.6. The van der Waals surface area contributed by atoms with E-state index >= 15 is 0 Å². The van der Waals surface area contributed by atoms with Gasteiger partial charge in [0.1, 0.15) is 17.0 Å². The van der Waals surface area contributed by atoms with Crippen molar-refractivity contribution in [3.63, 3.8) is 0 Å². The summed E-state index contributed by atoms with van der Waals surface area (Å²) < 4.78 is 20.4. The minimum absolute atomic E-state index is 0.000168. The second-order valence-electron chi connectivity index (χ2n) is 8.43. The molecule has 2 aromatic carbocycles. The summed E-state index contributed by atoms with van der Waals surface area (Å²) >= 11 is 5.90. The summed E-state index contributed by atoms with van der Waals surface area (Å²) in [7, 11) is 0. The van der Waals surface area contributed by atoms with Gasteiger partial charge >= 0.3 is 0 Å². The molecule has 0 spiro atoms. The van der Waals surface area contributed by atoms with Crippen LogP contribution in [-0.4, -0.2) is 45.4 Å². The predicted octanol–water partition coefficient (Wildman–Crippen LogP) is 3.58. The van der Waals surface area contributed by atoms with Crippen molar-refractivity contribution in [3.8, 4) is 23.0 Å². The SMILES string of the molecule is O=c1cc(CN2CC(O)C(O)C2)oc2ccc(C#Cc3ncc(-c4ccc(Cl)cc4)cc3F)cc12. The van der Waals surface area contributed by atoms with Gasteiger partial charge in [-0.05, 0) is 47.9 Å². The fraction of sp³-hybridized carbons (Fsp3) is 0.185. The molecular formula is C27H20ClFN2O4. The van der Waals surface area contributed by atoms with Crippen LogP contribution in [0.1, 0.15) is 17.0 Å². The van der Waals surface area contributed by atoms with Gasteiger partial charge < -0.3 is 14.6 Å². The first-order valence-electron chi connectivity index (χ1n) is 10.9. The second kappa shape index (κ2) is 9.61. The Balaban J connectivity index is 1.37. The van der Waals surface area contributed by atoms with E-state index in [0.29, 0.717) is 52.5 Å². The first-order valence-corrected chi connectivity index (χ1v) is 11.3. The smallest absolute Gasteiger partial charge is 0.193 e. The lowest BCUT2D eigenvalue weighted by molar-refractivity contribution is 0.0572. The minimum Gasteiger partial charge on any atom is -0.459 e. The van der Waals surface area contributed by atoms with Gasteiger partial charge in [0.25, 0.3) is 0 Å². The van der Waals surface area contributed by atoms with E-state index in [1.54, 1.807) is 48.7 Å². The zero-order valence-electron chi connectivity index (χ0n) is 18.4. The fourth-order valence-electron chi connectivity index (χ4n) is 4.02. The molecular weight excluding hydrogens is 471 g/mol. The van der Waals surface area contributed by atoms with Crippen LogP contribution in [0.2, 0.25) is 5.02 Å². The number of hydrogen-bond donors (Lipinski definition) is 2. The quantitative estimate of drug-likeness (QED) is 0.427. The lowest BCUT2D eigenvalue weighted by Crippen LogP contribution is -2.22. The molecule has 2 N–H and O–H groups in total. The van der Waals surface area contributed by atoms with Crippen LogP contribution in [0, 0.1) is 17.7 Å². The molecule has 1 aliphatic rings. The number of fused-ring (bicyclic) bond motifs is 1. The van der Waals surface area contributed by atoms with Crippen molar-refractivity contribution in [3.05, 3.63) is 98.9 Å². The molecule has 5 rings (SSSR count). The molecule has 0 radical (unpaired) electrons. The summed E-state index contributed by atoms with van der Waals surface area (Å²) in [6, 6.07) is 14.7. The number of β-amino-alcohol motifs (C(OH)–C–C–N with tert-alkyl or cyclic N) is 2. The number of halogens is 2. The van der Waals surface area contributed by atoms with E-state index in [0.717, 1.165) is 5.56 Å². The van der Waals surface area contributed by atoms with Crippen LogP contribution in [-0.2, 0) is 6.54 Å². The maximum Gasteiger partial charge on any atom is 0.193 e. The lowest BCUT2D eigenvalue weighted by atomic mass is 10.1. The Labute approximate surface area is 205 Å². The largest absolute Gasteiger partial charge is 0.459 e. The molecule has 0 saturated carbocycles. The van der Waals surface area contributed by atoms with Crippen LogP contribution in [0.25, 0.3) is 22.1 Å². The molecule has 2 unspecified atom stereocenters. The average Bonchev–Trinajstić information content (AvgIpc) is 3.15. The Hall–Kier alpha value is -3.54. The molecule has 0 bridgehead atoms. The molecule has 4 aromatic rings. The number of hydrogen-bond acceptors (Lipinski definition) is 6. The van der Waals surface area contributed by atoms with Crippen molar-refractivity contribution in [1.29, 1.82) is 0 Å². The summed E-state index contributed by atoms with van der Waals surface area (Å²) in [5.41, 5.74) is 2.09. The molecule has 35 heavy (non-hydrogen) atoms. The molecule has 0 amide bonds. The molecule has 2 aromatic heterocycles. The number of aliphatic hydroxyl groups is 2. The van der Waals surface area contributed by atoms with Crippen molar-refractivity contribution in [2.75, 3.05) is 13.1 Å². The van der Waals surface area contributed by atoms with Gasteiger partial charge in [0.05, 0.1) is 24.1 Å². The van der Waals surface area contributed by atoms with Crippen LogP contribution in [0.4, 0.5) is 4.39 Å². The highest BCUT2D eigenvalue weighted by Crippen LogP contribution is 2.22. The van der Waals surface area contributed by atoms with E-state index in [2.05, 4.69) is 16.8 Å². The Bertz CT molecular complexity index is 1510. The number of aromatic nitrogens is 1. The Kier molecular flexibility index (Phi) is 6.37. The van der Waals surface area contributed by atoms with Gasteiger partial charge in [0.2, 0.25) is 0 Å². The van der Waals surface area contributed by atoms with Crippen LogP contribution in [0.5, 0.6) is 0 Å². The van der Waals surface area contributed by atoms with E-state index < -0.39 is 18.0 Å². The van der Waals surface area contributed by atoms with E-state index in [4.69, 9.17) is 16.0 Å². The number of nitrogens with zero attached hydrogens (tertiary/aromatic N) is 2. The predicted molar refractivity (Wildman–Crippen MR) is 130 cm³/mol. The number of aliphatic hydroxyl groups excluding tert-OH is 2. The van der Waals surface area contributed by atoms with Gasteiger partial charge in [-0.25, -0.2) is 9.37 Å². The third kappa shape index (κ3) is 5.11. The molecule has 8 heteroatoms. The Morgan fingerprint density at radius 1 is 1.03 bits per heavy atom. The fourth-order valence-corrected chi connectivity index (χ4v) is 4.15. The van der Waals surface area contributed by atoms with Crippen LogP contribution in [0.3, 0.4) is 0 Å². The summed E-state index contributed by atoms with van der Waals surface area (Å²) in [5.74, 6) is 5.47. The topological polar surface area (TPSA) is 86.8 Å². The molecule has 0 aliphatic carbocycles. The third-order valence-electron chi connectivity index (χ3n) is 5.84. The van der Waals surface area contributed by atoms with Gasteiger partial charge in [-0.3, -0.25) is 9.69 Å². The van der Waals surface area contributed by atoms with Crippen LogP contribution < -0.4 is 5.43 Å². The lowest BCUT2D eigenvalue weighted by Gasteiger charge is -2.13. The summed E-state index contributed by atoms with van der Waals surface area (Å²) in [6.07, 6.45) is -0.0711. The van der Waals surface area contributed by atoms with Crippen LogP contribution >= 0.6 is 11.6 Å². The molecule has 1 fully saturated rings. The number of likely N-dealkylation sites (tertiary alicyclic amines) is 1. The van der Waals surface area contributed by atoms with Crippen LogP contribution in [0.15, 0.2) is 70.0 Å². The highest BCUT2D eigenvalue weighted by Gasteiger charge is 2.29. The maximum absolute atomic E-state index is 14.6. The summed E-state index contributed by atoms with van der Waals surface area (Å²) in [5, 5.41) is 20.3. The first kappa shape index (κ1) is 23.2. The number of benzene rings is 2. The second-order valence-corrected chi connectivity index (χ2v) is 8.86. The highest BCUT2D eigenvalue weighted by atomic mass is 35.5. The molecule has 2 atom stereocenters. The zero-order valence-corrected chi connectivity index (χ0v) is 19.2.